The van der Waals surface area contributed by atoms with Crippen LogP contribution in [0.4, 0.5) is 5.69 Å². The van der Waals surface area contributed by atoms with Crippen LogP contribution in [0.1, 0.15) is 99.4 Å². The second-order valence-corrected chi connectivity index (χ2v) is 14.8. The number of anilines is 1. The molecule has 0 saturated heterocycles. The van der Waals surface area contributed by atoms with Crippen molar-refractivity contribution < 1.29 is 14.7 Å². The first-order valence-electron chi connectivity index (χ1n) is 17.7. The Morgan fingerprint density at radius 2 is 1.82 bits per heavy atom. The third-order valence-corrected chi connectivity index (χ3v) is 11.7. The molecule has 0 bridgehead atoms. The van der Waals surface area contributed by atoms with E-state index in [-0.39, 0.29) is 24.7 Å². The number of nitrogens with one attached hydrogen (secondary N) is 1. The van der Waals surface area contributed by atoms with Crippen molar-refractivity contribution in [1.82, 2.24) is 14.9 Å². The number of halogens is 1. The van der Waals surface area contributed by atoms with E-state index in [9.17, 15) is 9.59 Å². The van der Waals surface area contributed by atoms with Gasteiger partial charge < -0.3 is 10.4 Å². The van der Waals surface area contributed by atoms with Gasteiger partial charge in [0, 0.05) is 49.6 Å². The van der Waals surface area contributed by atoms with Crippen LogP contribution >= 0.6 is 11.6 Å². The van der Waals surface area contributed by atoms with Gasteiger partial charge in [0.2, 0.25) is 0 Å². The Morgan fingerprint density at radius 3 is 2.55 bits per heavy atom. The van der Waals surface area contributed by atoms with E-state index in [4.69, 9.17) is 21.7 Å². The minimum atomic E-state index is -0.293. The van der Waals surface area contributed by atoms with E-state index in [1.807, 2.05) is 55.5 Å². The van der Waals surface area contributed by atoms with Gasteiger partial charge in [0.25, 0.3) is 5.91 Å². The van der Waals surface area contributed by atoms with Crippen molar-refractivity contribution in [2.45, 2.75) is 90.6 Å². The summed E-state index contributed by atoms with van der Waals surface area (Å²) < 4.78 is 0. The number of aryl methyl sites for hydroxylation is 2. The first-order chi connectivity index (χ1) is 23.7. The van der Waals surface area contributed by atoms with Crippen molar-refractivity contribution in [3.63, 3.8) is 0 Å². The first kappa shape index (κ1) is 33.6. The molecule has 0 atom stereocenters. The molecule has 2 N–H and O–H groups in total. The number of benzene rings is 2. The van der Waals surface area contributed by atoms with Crippen molar-refractivity contribution >= 4 is 29.0 Å². The van der Waals surface area contributed by atoms with E-state index in [0.717, 1.165) is 77.8 Å². The molecule has 7 rings (SSSR count). The lowest BCUT2D eigenvalue weighted by Crippen LogP contribution is -2.54. The van der Waals surface area contributed by atoms with E-state index in [1.165, 1.54) is 37.7 Å². The van der Waals surface area contributed by atoms with Crippen LogP contribution in [0.25, 0.3) is 11.1 Å². The van der Waals surface area contributed by atoms with Gasteiger partial charge in [0.15, 0.2) is 5.78 Å². The highest BCUT2D eigenvalue weighted by Gasteiger charge is 2.50. The quantitative estimate of drug-likeness (QED) is 0.123. The number of aromatic nitrogens is 2. The zero-order chi connectivity index (χ0) is 34.1. The Hall–Kier alpha value is -3.91. The van der Waals surface area contributed by atoms with E-state index < -0.39 is 0 Å². The number of rotatable bonds is 11. The molecule has 0 radical (unpaired) electrons. The van der Waals surface area contributed by atoms with Crippen molar-refractivity contribution in [1.29, 1.82) is 0 Å². The third kappa shape index (κ3) is 6.94. The summed E-state index contributed by atoms with van der Waals surface area (Å²) in [5.74, 6) is -0.331. The van der Waals surface area contributed by atoms with Gasteiger partial charge in [-0.1, -0.05) is 54.4 Å². The summed E-state index contributed by atoms with van der Waals surface area (Å²) in [6.07, 6.45) is 12.1. The number of aliphatic hydroxyl groups is 1. The van der Waals surface area contributed by atoms with Crippen LogP contribution in [0.5, 0.6) is 0 Å². The fourth-order valence-corrected chi connectivity index (χ4v) is 8.38. The number of hydrogen-bond donors (Lipinski definition) is 2. The number of Topliss-reactive ketones (excluding diaryl/α,β-unsaturated/α-hetero) is 1. The minimum absolute atomic E-state index is 0.0382. The van der Waals surface area contributed by atoms with Crippen LogP contribution < -0.4 is 5.32 Å². The Balaban J connectivity index is 1.05. The highest BCUT2D eigenvalue weighted by molar-refractivity contribution is 6.34. The fraction of sp³-hybridized carbons (Fsp3) is 0.415. The maximum absolute atomic E-state index is 13.7. The average molecular weight is 677 g/mol. The van der Waals surface area contributed by atoms with Gasteiger partial charge in [0.1, 0.15) is 11.4 Å². The molecule has 2 aliphatic carbocycles. The molecule has 8 heteroatoms. The molecule has 254 valence electrons. The number of fused-ring (bicyclic) bond motifs is 1. The summed E-state index contributed by atoms with van der Waals surface area (Å²) in [5, 5.41) is 12.5. The summed E-state index contributed by atoms with van der Waals surface area (Å²) in [6, 6.07) is 17.8. The maximum Gasteiger partial charge on any atom is 0.274 e. The molecule has 3 heterocycles. The summed E-state index contributed by atoms with van der Waals surface area (Å²) in [4.78, 5) is 38.8. The lowest BCUT2D eigenvalue weighted by Gasteiger charge is -2.57. The van der Waals surface area contributed by atoms with E-state index >= 15 is 0 Å². The largest absolute Gasteiger partial charge is 0.396 e. The fourth-order valence-electron chi connectivity index (χ4n) is 8.09. The van der Waals surface area contributed by atoms with Gasteiger partial charge in [-0.2, -0.15) is 0 Å². The molecule has 2 aromatic carbocycles. The molecule has 7 nitrogen and oxygen atoms in total. The number of pyridine rings is 2. The van der Waals surface area contributed by atoms with Crippen LogP contribution in [0.15, 0.2) is 60.8 Å². The van der Waals surface area contributed by atoms with Crippen molar-refractivity contribution in [3.8, 4) is 11.1 Å². The number of hydrogen-bond acceptors (Lipinski definition) is 6. The number of aliphatic hydroxyl groups excluding tert-OH is 1. The molecule has 1 aliphatic heterocycles. The van der Waals surface area contributed by atoms with Gasteiger partial charge in [-0.3, -0.25) is 19.5 Å². The summed E-state index contributed by atoms with van der Waals surface area (Å²) >= 11 is 7.03. The second-order valence-electron chi connectivity index (χ2n) is 14.4. The van der Waals surface area contributed by atoms with Crippen LogP contribution in [0.2, 0.25) is 5.02 Å². The molecule has 1 amide bonds. The average Bonchev–Trinajstić information content (AvgIpc) is 3.06. The van der Waals surface area contributed by atoms with Gasteiger partial charge >= 0.3 is 0 Å². The number of carbonyl (C=O) groups excluding carboxylic acids is 2. The van der Waals surface area contributed by atoms with Gasteiger partial charge in [-0.05, 0) is 122 Å². The molecule has 2 aromatic heterocycles. The summed E-state index contributed by atoms with van der Waals surface area (Å²) in [5.41, 5.74) is 10.00. The zero-order valence-electron chi connectivity index (χ0n) is 28.5. The Bertz CT molecular complexity index is 1880. The highest BCUT2D eigenvalue weighted by Crippen LogP contribution is 2.57. The highest BCUT2D eigenvalue weighted by atomic mass is 35.5. The third-order valence-electron chi connectivity index (χ3n) is 11.2. The lowest BCUT2D eigenvalue weighted by molar-refractivity contribution is -0.0597. The molecular formula is C41H45ClN4O3. The summed E-state index contributed by atoms with van der Waals surface area (Å²) in [7, 11) is 0. The summed E-state index contributed by atoms with van der Waals surface area (Å²) in [6.45, 7) is 6.13. The number of nitrogens with zero attached hydrogens (tertiary/aromatic N) is 3. The van der Waals surface area contributed by atoms with Gasteiger partial charge in [-0.25, -0.2) is 4.98 Å². The Labute approximate surface area is 294 Å². The molecular weight excluding hydrogens is 632 g/mol. The minimum Gasteiger partial charge on any atom is -0.396 e. The van der Waals surface area contributed by atoms with Gasteiger partial charge in [-0.15, -0.1) is 0 Å². The SMILES string of the molecule is Cc1cc(C(=O)Cc2cccc(-c3cccc(NC(=O)c4ccc(CCCCO)cn4)c3C)c2Cl)nc2c1CCN(C1CC3(CCC3)C1)C2. The number of carbonyl (C=O) groups is 2. The number of unbranched alkanes of at least 4 members (excludes halogenated alkanes) is 1. The van der Waals surface area contributed by atoms with E-state index in [1.54, 1.807) is 12.3 Å². The molecule has 1 spiro atoms. The maximum atomic E-state index is 13.7. The molecule has 2 fully saturated rings. The van der Waals surface area contributed by atoms with Crippen LogP contribution in [-0.2, 0) is 25.8 Å². The van der Waals surface area contributed by atoms with E-state index in [0.29, 0.717) is 33.6 Å². The normalized spacial score (nSPS) is 16.9. The van der Waals surface area contributed by atoms with Crippen LogP contribution in [0.3, 0.4) is 0 Å². The molecule has 2 saturated carbocycles. The second kappa shape index (κ2) is 14.1. The Morgan fingerprint density at radius 1 is 1.02 bits per heavy atom. The molecule has 3 aliphatic rings. The number of ketones is 1. The van der Waals surface area contributed by atoms with Gasteiger partial charge in [0.05, 0.1) is 10.7 Å². The Kier molecular flexibility index (Phi) is 9.69. The predicted octanol–water partition coefficient (Wildman–Crippen LogP) is 8.10. The standard InChI is InChI=1S/C41H45ClN4O3/c1-26-20-36(44-37-25-46(18-15-31(26)37)30-22-41(23-30)16-7-17-41)38(48)21-29-9-5-11-33(39(29)42)32-10-6-12-34(27(32)2)45-40(49)35-14-13-28(24-43-35)8-3-4-19-47/h5-6,9-14,20,24,30,47H,3-4,7-8,15-19,21-23,25H2,1-2H3,(H,45,49). The lowest BCUT2D eigenvalue weighted by atomic mass is 9.53. The monoisotopic (exact) mass is 676 g/mol. The number of amides is 1. The smallest absolute Gasteiger partial charge is 0.274 e. The zero-order valence-corrected chi connectivity index (χ0v) is 29.3. The predicted molar refractivity (Wildman–Crippen MR) is 194 cm³/mol. The first-order valence-corrected chi connectivity index (χ1v) is 18.1. The molecule has 49 heavy (non-hydrogen) atoms. The van der Waals surface area contributed by atoms with Crippen molar-refractivity contribution in [2.24, 2.45) is 5.41 Å². The van der Waals surface area contributed by atoms with Crippen molar-refractivity contribution in [2.75, 3.05) is 18.5 Å². The van der Waals surface area contributed by atoms with E-state index in [2.05, 4.69) is 22.1 Å². The molecule has 4 aromatic rings. The molecule has 0 unspecified atom stereocenters. The topological polar surface area (TPSA) is 95.4 Å². The van der Waals surface area contributed by atoms with Crippen molar-refractivity contribution in [3.05, 3.63) is 111 Å². The van der Waals surface area contributed by atoms with Crippen LogP contribution in [0, 0.1) is 19.3 Å². The van der Waals surface area contributed by atoms with Crippen LogP contribution in [-0.4, -0.2) is 50.9 Å².